The van der Waals surface area contributed by atoms with E-state index in [1.807, 2.05) is 43.3 Å². The molecule has 2 atom stereocenters. The first kappa shape index (κ1) is 18.4. The highest BCUT2D eigenvalue weighted by Gasteiger charge is 2.55. The number of para-hydroxylation sites is 1. The summed E-state index contributed by atoms with van der Waals surface area (Å²) >= 11 is 0. The standard InChI is InChI=1S/C26H26O2/c1-3-9-22-19-26(22,20-14-16-23(17-15-20)27-4-2)21-10-8-13-25(18-21)28-24-11-6-5-7-12-24/h3,5-18,22H,4,19H2,1-2H3. The van der Waals surface area contributed by atoms with Crippen LogP contribution in [0.1, 0.15) is 31.4 Å². The second-order valence-electron chi connectivity index (χ2n) is 7.21. The molecule has 3 aromatic carbocycles. The van der Waals surface area contributed by atoms with Gasteiger partial charge in [-0.05, 0) is 73.7 Å². The molecule has 0 radical (unpaired) electrons. The van der Waals surface area contributed by atoms with Crippen molar-refractivity contribution in [3.05, 3.63) is 102 Å². The molecule has 28 heavy (non-hydrogen) atoms. The minimum atomic E-state index is 0.00725. The average Bonchev–Trinajstić information content (AvgIpc) is 3.45. The van der Waals surface area contributed by atoms with E-state index in [1.165, 1.54) is 11.1 Å². The van der Waals surface area contributed by atoms with Crippen LogP contribution in [0.2, 0.25) is 0 Å². The van der Waals surface area contributed by atoms with Gasteiger partial charge in [-0.3, -0.25) is 0 Å². The van der Waals surface area contributed by atoms with Gasteiger partial charge < -0.3 is 9.47 Å². The van der Waals surface area contributed by atoms with Crippen LogP contribution in [0, 0.1) is 5.92 Å². The lowest BCUT2D eigenvalue weighted by molar-refractivity contribution is 0.340. The van der Waals surface area contributed by atoms with E-state index < -0.39 is 0 Å². The van der Waals surface area contributed by atoms with E-state index in [2.05, 4.69) is 61.5 Å². The van der Waals surface area contributed by atoms with Crippen LogP contribution in [0.5, 0.6) is 17.2 Å². The van der Waals surface area contributed by atoms with E-state index >= 15 is 0 Å². The summed E-state index contributed by atoms with van der Waals surface area (Å²) in [5.74, 6) is 3.16. The van der Waals surface area contributed by atoms with Crippen LogP contribution < -0.4 is 9.47 Å². The molecule has 1 fully saturated rings. The zero-order valence-corrected chi connectivity index (χ0v) is 16.5. The van der Waals surface area contributed by atoms with Gasteiger partial charge in [0.15, 0.2) is 0 Å². The molecular weight excluding hydrogens is 344 g/mol. The van der Waals surface area contributed by atoms with Crippen molar-refractivity contribution in [2.75, 3.05) is 6.61 Å². The molecule has 0 aromatic heterocycles. The fourth-order valence-corrected chi connectivity index (χ4v) is 4.06. The van der Waals surface area contributed by atoms with Crippen molar-refractivity contribution >= 4 is 0 Å². The summed E-state index contributed by atoms with van der Waals surface area (Å²) < 4.78 is 11.7. The van der Waals surface area contributed by atoms with Crippen molar-refractivity contribution in [1.82, 2.24) is 0 Å². The number of hydrogen-bond acceptors (Lipinski definition) is 2. The Morgan fingerprint density at radius 2 is 1.61 bits per heavy atom. The fraction of sp³-hybridized carbons (Fsp3) is 0.231. The lowest BCUT2D eigenvalue weighted by Crippen LogP contribution is -2.12. The fourth-order valence-electron chi connectivity index (χ4n) is 4.06. The summed E-state index contributed by atoms with van der Waals surface area (Å²) in [5.41, 5.74) is 2.64. The summed E-state index contributed by atoms with van der Waals surface area (Å²) in [5, 5.41) is 0. The molecule has 4 rings (SSSR count). The Balaban J connectivity index is 1.68. The van der Waals surface area contributed by atoms with E-state index in [1.54, 1.807) is 0 Å². The average molecular weight is 370 g/mol. The molecule has 2 heteroatoms. The van der Waals surface area contributed by atoms with E-state index in [-0.39, 0.29) is 5.41 Å². The largest absolute Gasteiger partial charge is 0.494 e. The molecule has 1 aliphatic rings. The molecular formula is C26H26O2. The lowest BCUT2D eigenvalue weighted by atomic mass is 9.85. The maximum absolute atomic E-state index is 6.09. The van der Waals surface area contributed by atoms with Gasteiger partial charge in [-0.25, -0.2) is 0 Å². The Morgan fingerprint density at radius 1 is 0.857 bits per heavy atom. The first-order valence-corrected chi connectivity index (χ1v) is 9.96. The third-order valence-corrected chi connectivity index (χ3v) is 5.45. The molecule has 0 bridgehead atoms. The van der Waals surface area contributed by atoms with Crippen molar-refractivity contribution in [3.8, 4) is 17.2 Å². The minimum Gasteiger partial charge on any atom is -0.494 e. The molecule has 2 nitrogen and oxygen atoms in total. The number of allylic oxidation sites excluding steroid dienone is 2. The van der Waals surface area contributed by atoms with Crippen molar-refractivity contribution in [2.45, 2.75) is 25.7 Å². The summed E-state index contributed by atoms with van der Waals surface area (Å²) in [6.07, 6.45) is 5.59. The first-order chi connectivity index (χ1) is 13.8. The third kappa shape index (κ3) is 3.55. The van der Waals surface area contributed by atoms with E-state index in [0.29, 0.717) is 12.5 Å². The molecule has 142 valence electrons. The molecule has 2 unspecified atom stereocenters. The first-order valence-electron chi connectivity index (χ1n) is 9.96. The van der Waals surface area contributed by atoms with Gasteiger partial charge in [0, 0.05) is 5.41 Å². The van der Waals surface area contributed by atoms with E-state index in [0.717, 1.165) is 23.7 Å². The molecule has 0 spiro atoms. The highest BCUT2D eigenvalue weighted by Crippen LogP contribution is 2.60. The molecule has 3 aromatic rings. The second kappa shape index (κ2) is 7.93. The van der Waals surface area contributed by atoms with Crippen LogP contribution in [0.4, 0.5) is 0 Å². The maximum Gasteiger partial charge on any atom is 0.127 e. The molecule has 1 saturated carbocycles. The van der Waals surface area contributed by atoms with Gasteiger partial charge in [-0.1, -0.05) is 54.6 Å². The van der Waals surface area contributed by atoms with Crippen LogP contribution in [0.3, 0.4) is 0 Å². The Morgan fingerprint density at radius 3 is 2.32 bits per heavy atom. The summed E-state index contributed by atoms with van der Waals surface area (Å²) in [4.78, 5) is 0. The number of ether oxygens (including phenoxy) is 2. The van der Waals surface area contributed by atoms with Gasteiger partial charge in [0.1, 0.15) is 17.2 Å². The van der Waals surface area contributed by atoms with Crippen LogP contribution in [-0.4, -0.2) is 6.61 Å². The topological polar surface area (TPSA) is 18.5 Å². The monoisotopic (exact) mass is 370 g/mol. The van der Waals surface area contributed by atoms with Crippen LogP contribution in [0.25, 0.3) is 0 Å². The normalized spacial score (nSPS) is 20.9. The van der Waals surface area contributed by atoms with Crippen LogP contribution in [-0.2, 0) is 5.41 Å². The van der Waals surface area contributed by atoms with E-state index in [4.69, 9.17) is 9.47 Å². The molecule has 1 aliphatic carbocycles. The Bertz CT molecular complexity index is 944. The van der Waals surface area contributed by atoms with Gasteiger partial charge >= 0.3 is 0 Å². The van der Waals surface area contributed by atoms with E-state index in [9.17, 15) is 0 Å². The van der Waals surface area contributed by atoms with Crippen molar-refractivity contribution in [1.29, 1.82) is 0 Å². The van der Waals surface area contributed by atoms with Crippen molar-refractivity contribution in [2.24, 2.45) is 5.92 Å². The van der Waals surface area contributed by atoms with Gasteiger partial charge in [0.05, 0.1) is 6.61 Å². The summed E-state index contributed by atoms with van der Waals surface area (Å²) in [6.45, 7) is 4.79. The highest BCUT2D eigenvalue weighted by molar-refractivity contribution is 5.52. The lowest BCUT2D eigenvalue weighted by Gasteiger charge is -2.20. The predicted molar refractivity (Wildman–Crippen MR) is 114 cm³/mol. The Hall–Kier alpha value is -3.00. The summed E-state index contributed by atoms with van der Waals surface area (Å²) in [6, 6.07) is 27.0. The number of hydrogen-bond donors (Lipinski definition) is 0. The van der Waals surface area contributed by atoms with Gasteiger partial charge in [-0.2, -0.15) is 0 Å². The second-order valence-corrected chi connectivity index (χ2v) is 7.21. The van der Waals surface area contributed by atoms with Gasteiger partial charge in [0.2, 0.25) is 0 Å². The minimum absolute atomic E-state index is 0.00725. The quantitative estimate of drug-likeness (QED) is 0.428. The molecule has 0 heterocycles. The number of rotatable bonds is 7. The smallest absolute Gasteiger partial charge is 0.127 e. The number of benzene rings is 3. The molecule has 0 saturated heterocycles. The Kier molecular flexibility index (Phi) is 5.21. The molecule has 0 aliphatic heterocycles. The molecule has 0 N–H and O–H groups in total. The SMILES string of the molecule is CC=CC1CC1(c1ccc(OCC)cc1)c1cccc(Oc2ccccc2)c1. The zero-order valence-electron chi connectivity index (χ0n) is 16.5. The van der Waals surface area contributed by atoms with Gasteiger partial charge in [0.25, 0.3) is 0 Å². The zero-order chi connectivity index (χ0) is 19.4. The highest BCUT2D eigenvalue weighted by atomic mass is 16.5. The predicted octanol–water partition coefficient (Wildman–Crippen LogP) is 6.76. The summed E-state index contributed by atoms with van der Waals surface area (Å²) in [7, 11) is 0. The third-order valence-electron chi connectivity index (χ3n) is 5.45. The van der Waals surface area contributed by atoms with Crippen LogP contribution in [0.15, 0.2) is 91.0 Å². The van der Waals surface area contributed by atoms with Crippen molar-refractivity contribution in [3.63, 3.8) is 0 Å². The van der Waals surface area contributed by atoms with Gasteiger partial charge in [-0.15, -0.1) is 0 Å². The Labute approximate surface area is 167 Å². The van der Waals surface area contributed by atoms with Crippen LogP contribution >= 0.6 is 0 Å². The maximum atomic E-state index is 6.09. The van der Waals surface area contributed by atoms with Crippen molar-refractivity contribution < 1.29 is 9.47 Å². The molecule has 0 amide bonds.